The summed E-state index contributed by atoms with van der Waals surface area (Å²) in [7, 11) is 0. The lowest BCUT2D eigenvalue weighted by molar-refractivity contribution is -0.157. The van der Waals surface area contributed by atoms with Crippen molar-refractivity contribution in [2.45, 2.75) is 58.8 Å². The molecule has 1 saturated heterocycles. The molecule has 0 spiro atoms. The molecule has 0 bridgehead atoms. The van der Waals surface area contributed by atoms with Crippen molar-refractivity contribution < 1.29 is 33.3 Å². The fraction of sp³-hybridized carbons (Fsp3) is 0.688. The summed E-state index contributed by atoms with van der Waals surface area (Å²) in [6, 6.07) is 0. The van der Waals surface area contributed by atoms with Crippen LogP contribution in [0.25, 0.3) is 0 Å². The van der Waals surface area contributed by atoms with E-state index in [-0.39, 0.29) is 5.56 Å². The van der Waals surface area contributed by atoms with Crippen molar-refractivity contribution in [2.24, 2.45) is 5.41 Å². The van der Waals surface area contributed by atoms with E-state index >= 15 is 0 Å². The smallest absolute Gasteiger partial charge is 0.336 e. The summed E-state index contributed by atoms with van der Waals surface area (Å²) in [5.74, 6) is -4.59. The standard InChI is InChI=1S/C16H22F2N2O7/c1-8-5-19(12-16(17,18)10(22)9(6-21)27-12)14(25)20(11(8)23)7-26-13(24)15(2,3)4/h5,9-10,12,21-22H,6-7H2,1-4H3. The van der Waals surface area contributed by atoms with E-state index in [9.17, 15) is 28.3 Å². The van der Waals surface area contributed by atoms with Crippen LogP contribution in [0, 0.1) is 12.3 Å². The van der Waals surface area contributed by atoms with Gasteiger partial charge in [0, 0.05) is 11.8 Å². The number of aliphatic hydroxyl groups is 2. The maximum absolute atomic E-state index is 14.3. The maximum atomic E-state index is 14.3. The van der Waals surface area contributed by atoms with Crippen molar-refractivity contribution in [1.82, 2.24) is 9.13 Å². The normalized spacial score (nSPS) is 24.8. The Morgan fingerprint density at radius 2 is 1.96 bits per heavy atom. The minimum atomic E-state index is -3.89. The van der Waals surface area contributed by atoms with Gasteiger partial charge in [-0.1, -0.05) is 0 Å². The Balaban J connectivity index is 2.46. The number of aromatic nitrogens is 2. The predicted octanol–water partition coefficient (Wildman–Crippen LogP) is -0.249. The highest BCUT2D eigenvalue weighted by Crippen LogP contribution is 2.41. The molecule has 0 radical (unpaired) electrons. The molecule has 3 atom stereocenters. The number of aliphatic hydroxyl groups excluding tert-OH is 2. The van der Waals surface area contributed by atoms with E-state index in [1.54, 1.807) is 20.8 Å². The third kappa shape index (κ3) is 3.80. The first-order valence-electron chi connectivity index (χ1n) is 8.14. The Labute approximate surface area is 152 Å². The van der Waals surface area contributed by atoms with Gasteiger partial charge in [-0.3, -0.25) is 14.2 Å². The second kappa shape index (κ2) is 7.13. The van der Waals surface area contributed by atoms with Gasteiger partial charge in [-0.25, -0.2) is 9.36 Å². The zero-order valence-corrected chi connectivity index (χ0v) is 15.3. The highest BCUT2D eigenvalue weighted by Gasteiger charge is 2.59. The van der Waals surface area contributed by atoms with Crippen molar-refractivity contribution in [3.8, 4) is 0 Å². The molecule has 0 saturated carbocycles. The van der Waals surface area contributed by atoms with E-state index in [4.69, 9.17) is 14.6 Å². The molecular formula is C16H22F2N2O7. The van der Waals surface area contributed by atoms with Crippen LogP contribution in [0.2, 0.25) is 0 Å². The summed E-state index contributed by atoms with van der Waals surface area (Å²) in [5, 5.41) is 18.7. The van der Waals surface area contributed by atoms with Crippen molar-refractivity contribution in [3.63, 3.8) is 0 Å². The van der Waals surface area contributed by atoms with Gasteiger partial charge in [-0.15, -0.1) is 0 Å². The van der Waals surface area contributed by atoms with Crippen LogP contribution >= 0.6 is 0 Å². The van der Waals surface area contributed by atoms with Gasteiger partial charge in [0.05, 0.1) is 12.0 Å². The van der Waals surface area contributed by atoms with Crippen LogP contribution in [-0.4, -0.2) is 50.1 Å². The van der Waals surface area contributed by atoms with Gasteiger partial charge in [0.1, 0.15) is 6.10 Å². The van der Waals surface area contributed by atoms with E-state index in [0.29, 0.717) is 9.13 Å². The number of esters is 1. The van der Waals surface area contributed by atoms with Crippen LogP contribution in [0.15, 0.2) is 15.8 Å². The van der Waals surface area contributed by atoms with E-state index < -0.39 is 60.3 Å². The molecule has 1 aromatic rings. The zero-order chi connectivity index (χ0) is 20.7. The van der Waals surface area contributed by atoms with E-state index in [2.05, 4.69) is 0 Å². The lowest BCUT2D eigenvalue weighted by Gasteiger charge is -2.23. The minimum Gasteiger partial charge on any atom is -0.443 e. The summed E-state index contributed by atoms with van der Waals surface area (Å²) in [6.45, 7) is 4.33. The fourth-order valence-corrected chi connectivity index (χ4v) is 2.50. The SMILES string of the molecule is Cc1cn(C2OC(CO)C(O)C2(F)F)c(=O)n(COC(=O)C(C)(C)C)c1=O. The molecule has 0 aliphatic carbocycles. The molecule has 0 amide bonds. The van der Waals surface area contributed by atoms with Gasteiger partial charge in [0.2, 0.25) is 6.23 Å². The summed E-state index contributed by atoms with van der Waals surface area (Å²) in [4.78, 5) is 36.6. The van der Waals surface area contributed by atoms with Crippen molar-refractivity contribution >= 4 is 5.97 Å². The lowest BCUT2D eigenvalue weighted by atomic mass is 9.98. The van der Waals surface area contributed by atoms with Gasteiger partial charge in [0.25, 0.3) is 5.56 Å². The fourth-order valence-electron chi connectivity index (χ4n) is 2.50. The molecule has 1 fully saturated rings. The Morgan fingerprint density at radius 1 is 1.37 bits per heavy atom. The third-order valence-electron chi connectivity index (χ3n) is 4.12. The number of carbonyl (C=O) groups is 1. The summed E-state index contributed by atoms with van der Waals surface area (Å²) < 4.78 is 39.4. The number of halogens is 2. The zero-order valence-electron chi connectivity index (χ0n) is 15.3. The van der Waals surface area contributed by atoms with Crippen molar-refractivity contribution in [2.75, 3.05) is 6.61 Å². The molecule has 1 aliphatic rings. The van der Waals surface area contributed by atoms with Gasteiger partial charge in [-0.2, -0.15) is 8.78 Å². The molecule has 2 rings (SSSR count). The first-order valence-corrected chi connectivity index (χ1v) is 8.14. The largest absolute Gasteiger partial charge is 0.443 e. The van der Waals surface area contributed by atoms with Gasteiger partial charge < -0.3 is 19.7 Å². The Hall–Kier alpha value is -2.11. The first-order chi connectivity index (χ1) is 12.3. The van der Waals surface area contributed by atoms with Crippen molar-refractivity contribution in [3.05, 3.63) is 32.6 Å². The summed E-state index contributed by atoms with van der Waals surface area (Å²) in [5.41, 5.74) is -3.00. The number of hydrogen-bond acceptors (Lipinski definition) is 7. The summed E-state index contributed by atoms with van der Waals surface area (Å²) in [6.07, 6.45) is -5.30. The topological polar surface area (TPSA) is 120 Å². The Bertz CT molecular complexity index is 841. The molecule has 1 aromatic heterocycles. The number of ether oxygens (including phenoxy) is 2. The van der Waals surface area contributed by atoms with Gasteiger partial charge in [0.15, 0.2) is 12.8 Å². The number of hydrogen-bond donors (Lipinski definition) is 2. The number of rotatable bonds is 4. The monoisotopic (exact) mass is 392 g/mol. The maximum Gasteiger partial charge on any atom is 0.336 e. The lowest BCUT2D eigenvalue weighted by Crippen LogP contribution is -2.47. The molecule has 0 aromatic carbocycles. The number of alkyl halides is 2. The molecule has 1 aliphatic heterocycles. The average molecular weight is 392 g/mol. The number of nitrogens with zero attached hydrogens (tertiary/aromatic N) is 2. The highest BCUT2D eigenvalue weighted by molar-refractivity contribution is 5.75. The van der Waals surface area contributed by atoms with Crippen LogP contribution in [0.4, 0.5) is 8.78 Å². The first kappa shape index (κ1) is 21.2. The minimum absolute atomic E-state index is 0.0808. The molecule has 11 heteroatoms. The van der Waals surface area contributed by atoms with Gasteiger partial charge >= 0.3 is 17.6 Å². The molecule has 9 nitrogen and oxygen atoms in total. The summed E-state index contributed by atoms with van der Waals surface area (Å²) >= 11 is 0. The molecule has 152 valence electrons. The molecular weight excluding hydrogens is 370 g/mol. The third-order valence-corrected chi connectivity index (χ3v) is 4.12. The number of aryl methyl sites for hydroxylation is 1. The highest BCUT2D eigenvalue weighted by atomic mass is 19.3. The van der Waals surface area contributed by atoms with E-state index in [1.807, 2.05) is 0 Å². The molecule has 27 heavy (non-hydrogen) atoms. The van der Waals surface area contributed by atoms with Crippen LogP contribution in [0.3, 0.4) is 0 Å². The van der Waals surface area contributed by atoms with E-state index in [0.717, 1.165) is 6.20 Å². The predicted molar refractivity (Wildman–Crippen MR) is 87.2 cm³/mol. The molecule has 2 N–H and O–H groups in total. The Kier molecular flexibility index (Phi) is 5.60. The Morgan fingerprint density at radius 3 is 2.44 bits per heavy atom. The van der Waals surface area contributed by atoms with Crippen molar-refractivity contribution in [1.29, 1.82) is 0 Å². The second-order valence-corrected chi connectivity index (χ2v) is 7.37. The average Bonchev–Trinajstić information content (AvgIpc) is 2.80. The quantitative estimate of drug-likeness (QED) is 0.678. The molecule has 2 heterocycles. The van der Waals surface area contributed by atoms with Crippen LogP contribution in [-0.2, 0) is 21.0 Å². The van der Waals surface area contributed by atoms with Gasteiger partial charge in [-0.05, 0) is 27.7 Å². The van der Waals surface area contributed by atoms with Crippen LogP contribution < -0.4 is 11.2 Å². The molecule has 3 unspecified atom stereocenters. The second-order valence-electron chi connectivity index (χ2n) is 7.37. The number of carbonyl (C=O) groups excluding carboxylic acids is 1. The van der Waals surface area contributed by atoms with Crippen LogP contribution in [0.5, 0.6) is 0 Å². The van der Waals surface area contributed by atoms with Crippen LogP contribution in [0.1, 0.15) is 32.6 Å². The van der Waals surface area contributed by atoms with E-state index in [1.165, 1.54) is 6.92 Å².